The summed E-state index contributed by atoms with van der Waals surface area (Å²) in [5.41, 5.74) is 9.23. The first kappa shape index (κ1) is 16.6. The fourth-order valence-corrected chi connectivity index (χ4v) is 3.37. The highest BCUT2D eigenvalue weighted by Crippen LogP contribution is 2.24. The van der Waals surface area contributed by atoms with Crippen LogP contribution in [0.2, 0.25) is 5.02 Å². The minimum Gasteiger partial charge on any atom is -0.398 e. The number of rotatable bonds is 4. The molecule has 0 spiro atoms. The van der Waals surface area contributed by atoms with Crippen LogP contribution in [0.4, 0.5) is 5.69 Å². The van der Waals surface area contributed by atoms with E-state index in [1.165, 1.54) is 12.1 Å². The maximum Gasteiger partial charge on any atom is 0.0429 e. The number of hydrogen-bond donors (Lipinski definition) is 1. The summed E-state index contributed by atoms with van der Waals surface area (Å²) < 4.78 is 0. The Kier molecular flexibility index (Phi) is 5.53. The van der Waals surface area contributed by atoms with Crippen molar-refractivity contribution in [2.24, 2.45) is 5.92 Å². The van der Waals surface area contributed by atoms with Crippen LogP contribution >= 0.6 is 11.6 Å². The summed E-state index contributed by atoms with van der Waals surface area (Å²) in [5.74, 6) is 0.731. The van der Waals surface area contributed by atoms with E-state index in [-0.39, 0.29) is 0 Å². The second kappa shape index (κ2) is 6.99. The standard InChI is InChI=1S/C17H28ClN3/c1-12(2)9-21-6-5-20(10-13(21)3)11-15-7-16(18)8-17(19)14(15)4/h7-8,12-13H,5-6,9-11,19H2,1-4H3/t13-/m0/s1. The van der Waals surface area contributed by atoms with Gasteiger partial charge in [-0.2, -0.15) is 0 Å². The average molecular weight is 310 g/mol. The van der Waals surface area contributed by atoms with Gasteiger partial charge in [0, 0.05) is 49.5 Å². The van der Waals surface area contributed by atoms with Crippen molar-refractivity contribution in [3.05, 3.63) is 28.3 Å². The number of piperazine rings is 1. The van der Waals surface area contributed by atoms with Gasteiger partial charge in [0.2, 0.25) is 0 Å². The average Bonchev–Trinajstić information content (AvgIpc) is 2.38. The monoisotopic (exact) mass is 309 g/mol. The first-order valence-electron chi connectivity index (χ1n) is 7.87. The van der Waals surface area contributed by atoms with E-state index in [2.05, 4.69) is 43.6 Å². The fourth-order valence-electron chi connectivity index (χ4n) is 3.12. The Morgan fingerprint density at radius 1 is 1.33 bits per heavy atom. The Morgan fingerprint density at radius 3 is 2.67 bits per heavy atom. The van der Waals surface area contributed by atoms with E-state index < -0.39 is 0 Å². The summed E-state index contributed by atoms with van der Waals surface area (Å²) in [7, 11) is 0. The zero-order valence-corrected chi connectivity index (χ0v) is 14.5. The molecule has 1 heterocycles. The molecule has 1 aromatic carbocycles. The lowest BCUT2D eigenvalue weighted by Crippen LogP contribution is -2.52. The molecule has 1 aliphatic heterocycles. The molecule has 0 aromatic heterocycles. The van der Waals surface area contributed by atoms with Crippen molar-refractivity contribution in [2.75, 3.05) is 31.9 Å². The quantitative estimate of drug-likeness (QED) is 0.865. The van der Waals surface area contributed by atoms with Crippen LogP contribution in [0.3, 0.4) is 0 Å². The van der Waals surface area contributed by atoms with Crippen molar-refractivity contribution < 1.29 is 0 Å². The summed E-state index contributed by atoms with van der Waals surface area (Å²) in [5, 5.41) is 0.736. The largest absolute Gasteiger partial charge is 0.398 e. The zero-order chi connectivity index (χ0) is 15.6. The fraction of sp³-hybridized carbons (Fsp3) is 0.647. The summed E-state index contributed by atoms with van der Waals surface area (Å²) in [6, 6.07) is 4.50. The lowest BCUT2D eigenvalue weighted by atomic mass is 10.0. The Bertz CT molecular complexity index is 487. The molecule has 3 nitrogen and oxygen atoms in total. The number of nitrogen functional groups attached to an aromatic ring is 1. The van der Waals surface area contributed by atoms with E-state index in [1.807, 2.05) is 6.07 Å². The molecule has 1 fully saturated rings. The number of anilines is 1. The van der Waals surface area contributed by atoms with Crippen molar-refractivity contribution >= 4 is 17.3 Å². The normalized spacial score (nSPS) is 21.1. The van der Waals surface area contributed by atoms with Crippen molar-refractivity contribution in [1.82, 2.24) is 9.80 Å². The van der Waals surface area contributed by atoms with Crippen LogP contribution in [-0.2, 0) is 6.54 Å². The Hall–Kier alpha value is -0.770. The van der Waals surface area contributed by atoms with Gasteiger partial charge >= 0.3 is 0 Å². The molecule has 21 heavy (non-hydrogen) atoms. The molecule has 1 atom stereocenters. The van der Waals surface area contributed by atoms with Gasteiger partial charge in [-0.15, -0.1) is 0 Å². The second-order valence-electron chi connectivity index (χ2n) is 6.75. The van der Waals surface area contributed by atoms with Crippen LogP contribution in [0.15, 0.2) is 12.1 Å². The topological polar surface area (TPSA) is 32.5 Å². The molecule has 1 saturated heterocycles. The summed E-state index contributed by atoms with van der Waals surface area (Å²) in [6.07, 6.45) is 0. The smallest absolute Gasteiger partial charge is 0.0429 e. The minimum absolute atomic E-state index is 0.609. The molecule has 0 radical (unpaired) electrons. The van der Waals surface area contributed by atoms with E-state index in [9.17, 15) is 0 Å². The van der Waals surface area contributed by atoms with Gasteiger partial charge in [-0.1, -0.05) is 25.4 Å². The molecule has 2 rings (SSSR count). The predicted octanol–water partition coefficient (Wildman–Crippen LogP) is 3.39. The third kappa shape index (κ3) is 4.35. The van der Waals surface area contributed by atoms with Gasteiger partial charge in [0.25, 0.3) is 0 Å². The summed E-state index contributed by atoms with van der Waals surface area (Å²) in [4.78, 5) is 5.11. The SMILES string of the molecule is Cc1c(N)cc(Cl)cc1CN1CCN(CC(C)C)[C@@H](C)C1. The van der Waals surface area contributed by atoms with Gasteiger partial charge in [0.15, 0.2) is 0 Å². The predicted molar refractivity (Wildman–Crippen MR) is 91.8 cm³/mol. The maximum atomic E-state index is 6.14. The van der Waals surface area contributed by atoms with Gasteiger partial charge in [0.05, 0.1) is 0 Å². The van der Waals surface area contributed by atoms with Gasteiger partial charge in [-0.3, -0.25) is 9.80 Å². The van der Waals surface area contributed by atoms with Crippen LogP contribution in [0, 0.1) is 12.8 Å². The molecule has 0 unspecified atom stereocenters. The number of hydrogen-bond acceptors (Lipinski definition) is 3. The molecule has 1 aromatic rings. The summed E-state index contributed by atoms with van der Waals surface area (Å²) >= 11 is 6.14. The van der Waals surface area contributed by atoms with Crippen molar-refractivity contribution in [2.45, 2.75) is 40.3 Å². The molecular formula is C17H28ClN3. The van der Waals surface area contributed by atoms with E-state index >= 15 is 0 Å². The van der Waals surface area contributed by atoms with Crippen molar-refractivity contribution in [3.63, 3.8) is 0 Å². The number of nitrogens with zero attached hydrogens (tertiary/aromatic N) is 2. The van der Waals surface area contributed by atoms with E-state index in [0.29, 0.717) is 6.04 Å². The van der Waals surface area contributed by atoms with E-state index in [1.54, 1.807) is 0 Å². The van der Waals surface area contributed by atoms with Gasteiger partial charge in [-0.05, 0) is 43.0 Å². The number of halogens is 1. The second-order valence-corrected chi connectivity index (χ2v) is 7.19. The highest BCUT2D eigenvalue weighted by atomic mass is 35.5. The molecule has 0 aliphatic carbocycles. The summed E-state index contributed by atoms with van der Waals surface area (Å²) in [6.45, 7) is 14.5. The van der Waals surface area contributed by atoms with Crippen molar-refractivity contribution in [3.8, 4) is 0 Å². The molecule has 0 saturated carbocycles. The lowest BCUT2D eigenvalue weighted by Gasteiger charge is -2.40. The molecular weight excluding hydrogens is 282 g/mol. The van der Waals surface area contributed by atoms with Crippen LogP contribution in [0.1, 0.15) is 31.9 Å². The number of nitrogens with two attached hydrogens (primary N) is 1. The Balaban J connectivity index is 2.00. The van der Waals surface area contributed by atoms with Gasteiger partial charge in [-0.25, -0.2) is 0 Å². The molecule has 1 aliphatic rings. The van der Waals surface area contributed by atoms with Crippen LogP contribution < -0.4 is 5.73 Å². The Morgan fingerprint density at radius 2 is 2.05 bits per heavy atom. The lowest BCUT2D eigenvalue weighted by molar-refractivity contribution is 0.0701. The highest BCUT2D eigenvalue weighted by Gasteiger charge is 2.24. The van der Waals surface area contributed by atoms with Gasteiger partial charge < -0.3 is 5.73 Å². The van der Waals surface area contributed by atoms with Crippen LogP contribution in [0.5, 0.6) is 0 Å². The molecule has 0 amide bonds. The molecule has 2 N–H and O–H groups in total. The van der Waals surface area contributed by atoms with Crippen LogP contribution in [-0.4, -0.2) is 42.0 Å². The molecule has 4 heteroatoms. The third-order valence-corrected chi connectivity index (χ3v) is 4.58. The highest BCUT2D eigenvalue weighted by molar-refractivity contribution is 6.31. The van der Waals surface area contributed by atoms with Gasteiger partial charge in [0.1, 0.15) is 0 Å². The van der Waals surface area contributed by atoms with E-state index in [0.717, 1.165) is 48.4 Å². The first-order chi connectivity index (χ1) is 9.86. The maximum absolute atomic E-state index is 6.14. The number of benzene rings is 1. The van der Waals surface area contributed by atoms with Crippen molar-refractivity contribution in [1.29, 1.82) is 0 Å². The Labute approximate surface area is 134 Å². The molecule has 118 valence electrons. The zero-order valence-electron chi connectivity index (χ0n) is 13.7. The minimum atomic E-state index is 0.609. The first-order valence-corrected chi connectivity index (χ1v) is 8.25. The molecule has 0 bridgehead atoms. The van der Waals surface area contributed by atoms with E-state index in [4.69, 9.17) is 17.3 Å². The third-order valence-electron chi connectivity index (χ3n) is 4.36. The van der Waals surface area contributed by atoms with Crippen LogP contribution in [0.25, 0.3) is 0 Å².